The van der Waals surface area contributed by atoms with E-state index in [1.807, 2.05) is 11.8 Å². The van der Waals surface area contributed by atoms with Crippen LogP contribution < -0.4 is 5.73 Å². The molecule has 1 rings (SSSR count). The Balaban J connectivity index is 2.42. The molecule has 1 aliphatic rings. The summed E-state index contributed by atoms with van der Waals surface area (Å²) in [6.07, 6.45) is 4.05. The van der Waals surface area contributed by atoms with Gasteiger partial charge in [-0.2, -0.15) is 0 Å². The smallest absolute Gasteiger partial charge is 0.222 e. The molecule has 2 atom stereocenters. The summed E-state index contributed by atoms with van der Waals surface area (Å²) in [5, 5.41) is 0. The molecule has 112 valence electrons. The summed E-state index contributed by atoms with van der Waals surface area (Å²) in [6, 6.07) is 0. The van der Waals surface area contributed by atoms with Gasteiger partial charge in [0.05, 0.1) is 6.10 Å². The quantitative estimate of drug-likeness (QED) is 0.734. The van der Waals surface area contributed by atoms with Crippen molar-refractivity contribution in [1.82, 2.24) is 4.90 Å². The molecule has 2 N–H and O–H groups in total. The molecular weight excluding hydrogens is 240 g/mol. The van der Waals surface area contributed by atoms with Crippen LogP contribution in [0.25, 0.3) is 0 Å². The maximum Gasteiger partial charge on any atom is 0.222 e. The van der Waals surface area contributed by atoms with E-state index < -0.39 is 0 Å². The molecule has 0 aliphatic carbocycles. The van der Waals surface area contributed by atoms with E-state index in [1.165, 1.54) is 0 Å². The van der Waals surface area contributed by atoms with Gasteiger partial charge in [-0.05, 0) is 44.6 Å². The van der Waals surface area contributed by atoms with Gasteiger partial charge in [0.15, 0.2) is 0 Å². The molecule has 4 nitrogen and oxygen atoms in total. The van der Waals surface area contributed by atoms with Crippen LogP contribution in [0.3, 0.4) is 0 Å². The van der Waals surface area contributed by atoms with Crippen LogP contribution in [0.1, 0.15) is 46.5 Å². The molecule has 1 heterocycles. The standard InChI is InChI=1S/C15H30N2O2/c1-4-17(11-14-6-5-7-19-14)15(18)9-13(10-16)8-12(2)3/h12-14H,4-11,16H2,1-3H3. The second kappa shape index (κ2) is 8.54. The number of nitrogens with two attached hydrogens (primary N) is 1. The second-order valence-electron chi connectivity index (χ2n) is 6.00. The van der Waals surface area contributed by atoms with Crippen LogP contribution in [0.15, 0.2) is 0 Å². The lowest BCUT2D eigenvalue weighted by Crippen LogP contribution is -2.38. The second-order valence-corrected chi connectivity index (χ2v) is 6.00. The maximum atomic E-state index is 12.3. The first kappa shape index (κ1) is 16.4. The Morgan fingerprint density at radius 1 is 1.47 bits per heavy atom. The largest absolute Gasteiger partial charge is 0.376 e. The third-order valence-corrected chi connectivity index (χ3v) is 3.78. The van der Waals surface area contributed by atoms with Crippen molar-refractivity contribution in [1.29, 1.82) is 0 Å². The summed E-state index contributed by atoms with van der Waals surface area (Å²) in [4.78, 5) is 14.3. The Bertz CT molecular complexity index is 263. The SMILES string of the molecule is CCN(CC1CCCO1)C(=O)CC(CN)CC(C)C. The van der Waals surface area contributed by atoms with E-state index in [-0.39, 0.29) is 12.0 Å². The number of nitrogens with zero attached hydrogens (tertiary/aromatic N) is 1. The van der Waals surface area contributed by atoms with Crippen LogP contribution in [-0.2, 0) is 9.53 Å². The molecule has 1 amide bonds. The molecular formula is C15H30N2O2. The van der Waals surface area contributed by atoms with Crippen molar-refractivity contribution in [3.8, 4) is 0 Å². The van der Waals surface area contributed by atoms with Crippen molar-refractivity contribution < 1.29 is 9.53 Å². The third-order valence-electron chi connectivity index (χ3n) is 3.78. The maximum absolute atomic E-state index is 12.3. The number of carbonyl (C=O) groups excluding carboxylic acids is 1. The summed E-state index contributed by atoms with van der Waals surface area (Å²) in [5.74, 6) is 1.13. The van der Waals surface area contributed by atoms with Crippen LogP contribution in [-0.4, -0.2) is 43.2 Å². The van der Waals surface area contributed by atoms with Crippen LogP contribution in [0.2, 0.25) is 0 Å². The van der Waals surface area contributed by atoms with Crippen molar-refractivity contribution in [3.63, 3.8) is 0 Å². The molecule has 1 saturated heterocycles. The number of ether oxygens (including phenoxy) is 1. The van der Waals surface area contributed by atoms with E-state index >= 15 is 0 Å². The highest BCUT2D eigenvalue weighted by Gasteiger charge is 2.23. The Morgan fingerprint density at radius 2 is 2.21 bits per heavy atom. The molecule has 4 heteroatoms. The Morgan fingerprint density at radius 3 is 2.68 bits per heavy atom. The number of rotatable bonds is 8. The zero-order valence-electron chi connectivity index (χ0n) is 12.7. The highest BCUT2D eigenvalue weighted by molar-refractivity contribution is 5.76. The Labute approximate surface area is 117 Å². The first-order valence-corrected chi connectivity index (χ1v) is 7.66. The van der Waals surface area contributed by atoms with Crippen molar-refractivity contribution in [2.24, 2.45) is 17.6 Å². The average molecular weight is 270 g/mol. The topological polar surface area (TPSA) is 55.6 Å². The highest BCUT2D eigenvalue weighted by Crippen LogP contribution is 2.18. The summed E-state index contributed by atoms with van der Waals surface area (Å²) in [7, 11) is 0. The summed E-state index contributed by atoms with van der Waals surface area (Å²) in [6.45, 7) is 9.34. The van der Waals surface area contributed by atoms with E-state index in [0.29, 0.717) is 24.8 Å². The van der Waals surface area contributed by atoms with Gasteiger partial charge in [-0.1, -0.05) is 13.8 Å². The van der Waals surface area contributed by atoms with E-state index in [0.717, 1.165) is 39.0 Å². The number of hydrogen-bond donors (Lipinski definition) is 1. The molecule has 0 aromatic carbocycles. The van der Waals surface area contributed by atoms with E-state index in [1.54, 1.807) is 0 Å². The molecule has 1 fully saturated rings. The predicted molar refractivity (Wildman–Crippen MR) is 77.8 cm³/mol. The van der Waals surface area contributed by atoms with Gasteiger partial charge in [0.25, 0.3) is 0 Å². The van der Waals surface area contributed by atoms with Gasteiger partial charge in [-0.3, -0.25) is 4.79 Å². The van der Waals surface area contributed by atoms with Gasteiger partial charge in [0.1, 0.15) is 0 Å². The van der Waals surface area contributed by atoms with Crippen molar-refractivity contribution in [2.75, 3.05) is 26.2 Å². The minimum absolute atomic E-state index is 0.231. The number of carbonyl (C=O) groups is 1. The normalized spacial score (nSPS) is 20.8. The lowest BCUT2D eigenvalue weighted by Gasteiger charge is -2.26. The molecule has 0 bridgehead atoms. The molecule has 0 aromatic heterocycles. The number of hydrogen-bond acceptors (Lipinski definition) is 3. The monoisotopic (exact) mass is 270 g/mol. The van der Waals surface area contributed by atoms with Crippen molar-refractivity contribution >= 4 is 5.91 Å². The molecule has 19 heavy (non-hydrogen) atoms. The average Bonchev–Trinajstić information content (AvgIpc) is 2.87. The summed E-state index contributed by atoms with van der Waals surface area (Å²) < 4.78 is 5.61. The zero-order chi connectivity index (χ0) is 14.3. The first-order chi connectivity index (χ1) is 9.06. The first-order valence-electron chi connectivity index (χ1n) is 7.66. The van der Waals surface area contributed by atoms with E-state index in [9.17, 15) is 4.79 Å². The van der Waals surface area contributed by atoms with Crippen molar-refractivity contribution in [2.45, 2.75) is 52.6 Å². The predicted octanol–water partition coefficient (Wildman–Crippen LogP) is 2.02. The summed E-state index contributed by atoms with van der Waals surface area (Å²) in [5.41, 5.74) is 5.78. The van der Waals surface area contributed by atoms with Gasteiger partial charge >= 0.3 is 0 Å². The van der Waals surface area contributed by atoms with Crippen molar-refractivity contribution in [3.05, 3.63) is 0 Å². The van der Waals surface area contributed by atoms with Gasteiger partial charge in [-0.25, -0.2) is 0 Å². The summed E-state index contributed by atoms with van der Waals surface area (Å²) >= 11 is 0. The fraction of sp³-hybridized carbons (Fsp3) is 0.933. The lowest BCUT2D eigenvalue weighted by atomic mass is 9.93. The minimum atomic E-state index is 0.231. The van der Waals surface area contributed by atoms with E-state index in [2.05, 4.69) is 13.8 Å². The van der Waals surface area contributed by atoms with Gasteiger partial charge in [0.2, 0.25) is 5.91 Å². The minimum Gasteiger partial charge on any atom is -0.376 e. The van der Waals surface area contributed by atoms with Gasteiger partial charge in [0, 0.05) is 26.1 Å². The zero-order valence-corrected chi connectivity index (χ0v) is 12.7. The molecule has 2 unspecified atom stereocenters. The molecule has 1 aliphatic heterocycles. The Hall–Kier alpha value is -0.610. The van der Waals surface area contributed by atoms with Gasteiger partial charge < -0.3 is 15.4 Å². The Kier molecular flexibility index (Phi) is 7.39. The van der Waals surface area contributed by atoms with Crippen LogP contribution in [0.4, 0.5) is 0 Å². The lowest BCUT2D eigenvalue weighted by molar-refractivity contribution is -0.133. The molecule has 0 aromatic rings. The van der Waals surface area contributed by atoms with Crippen LogP contribution in [0.5, 0.6) is 0 Å². The molecule has 0 radical (unpaired) electrons. The number of likely N-dealkylation sites (N-methyl/N-ethyl adjacent to an activating group) is 1. The third kappa shape index (κ3) is 5.91. The van der Waals surface area contributed by atoms with E-state index in [4.69, 9.17) is 10.5 Å². The fourth-order valence-electron chi connectivity index (χ4n) is 2.75. The number of amides is 1. The fourth-order valence-corrected chi connectivity index (χ4v) is 2.75. The van der Waals surface area contributed by atoms with Crippen LogP contribution in [0, 0.1) is 11.8 Å². The molecule has 0 spiro atoms. The van der Waals surface area contributed by atoms with Crippen LogP contribution >= 0.6 is 0 Å². The molecule has 0 saturated carbocycles. The highest BCUT2D eigenvalue weighted by atomic mass is 16.5. The van der Waals surface area contributed by atoms with Gasteiger partial charge in [-0.15, -0.1) is 0 Å².